The Morgan fingerprint density at radius 1 is 1.12 bits per heavy atom. The minimum Gasteiger partial charge on any atom is -0.507 e. The predicted molar refractivity (Wildman–Crippen MR) is 86.1 cm³/mol. The number of esters is 1. The number of hydrogen-bond acceptors (Lipinski definition) is 6. The van der Waals surface area contributed by atoms with Crippen LogP contribution in [0.25, 0.3) is 0 Å². The molecule has 2 aromatic rings. The van der Waals surface area contributed by atoms with E-state index in [1.807, 2.05) is 0 Å². The van der Waals surface area contributed by atoms with Crippen molar-refractivity contribution < 1.29 is 29.3 Å². The number of aliphatic hydroxyl groups excluding tert-OH is 1. The highest BCUT2D eigenvalue weighted by Gasteiger charge is 2.15. The van der Waals surface area contributed by atoms with Crippen LogP contribution in [0.15, 0.2) is 48.5 Å². The van der Waals surface area contributed by atoms with Gasteiger partial charge in [0.2, 0.25) is 0 Å². The summed E-state index contributed by atoms with van der Waals surface area (Å²) in [6.07, 6.45) is -0.558. The lowest BCUT2D eigenvalue weighted by Gasteiger charge is -2.14. The van der Waals surface area contributed by atoms with E-state index in [0.29, 0.717) is 11.3 Å². The molecule has 6 heteroatoms. The van der Waals surface area contributed by atoms with Crippen molar-refractivity contribution in [1.82, 2.24) is 0 Å². The molecule has 126 valence electrons. The van der Waals surface area contributed by atoms with Crippen LogP contribution in [-0.2, 0) is 9.53 Å². The number of aliphatic hydroxyl groups is 1. The standard InChI is InChI=1S/C18H18O6/c1-12(24-17(21)10-19)11-23-14-7-8-15(16(20)9-14)18(22)13-5-3-2-4-6-13/h2-9,12,19-20H,10-11H2,1H3. The number of hydrogen-bond donors (Lipinski definition) is 2. The molecular formula is C18H18O6. The number of carbonyl (C=O) groups is 2. The first-order valence-corrected chi connectivity index (χ1v) is 7.37. The van der Waals surface area contributed by atoms with Crippen LogP contribution < -0.4 is 4.74 Å². The molecule has 0 aliphatic rings. The summed E-state index contributed by atoms with van der Waals surface area (Å²) in [6.45, 7) is 0.972. The highest BCUT2D eigenvalue weighted by Crippen LogP contribution is 2.26. The van der Waals surface area contributed by atoms with E-state index >= 15 is 0 Å². The molecule has 2 aromatic carbocycles. The third-order valence-corrected chi connectivity index (χ3v) is 3.20. The van der Waals surface area contributed by atoms with Gasteiger partial charge in [0.05, 0.1) is 5.56 Å². The maximum atomic E-state index is 12.3. The van der Waals surface area contributed by atoms with Crippen LogP contribution in [-0.4, -0.2) is 41.3 Å². The summed E-state index contributed by atoms with van der Waals surface area (Å²) in [6, 6.07) is 13.0. The van der Waals surface area contributed by atoms with Gasteiger partial charge in [0.1, 0.15) is 30.8 Å². The monoisotopic (exact) mass is 330 g/mol. The van der Waals surface area contributed by atoms with Gasteiger partial charge in [0, 0.05) is 11.6 Å². The third kappa shape index (κ3) is 4.57. The summed E-state index contributed by atoms with van der Waals surface area (Å²) in [5, 5.41) is 18.7. The molecule has 0 aromatic heterocycles. The Hall–Kier alpha value is -2.86. The van der Waals surface area contributed by atoms with Crippen molar-refractivity contribution in [2.75, 3.05) is 13.2 Å². The lowest BCUT2D eigenvalue weighted by Crippen LogP contribution is -2.23. The van der Waals surface area contributed by atoms with Crippen LogP contribution in [0.1, 0.15) is 22.8 Å². The fourth-order valence-electron chi connectivity index (χ4n) is 2.05. The molecule has 0 aliphatic heterocycles. The van der Waals surface area contributed by atoms with Crippen molar-refractivity contribution in [1.29, 1.82) is 0 Å². The number of ketones is 1. The minimum atomic E-state index is -0.738. The van der Waals surface area contributed by atoms with E-state index in [0.717, 1.165) is 0 Å². The second kappa shape index (κ2) is 8.12. The van der Waals surface area contributed by atoms with E-state index < -0.39 is 18.7 Å². The lowest BCUT2D eigenvalue weighted by molar-refractivity contribution is -0.152. The molecular weight excluding hydrogens is 312 g/mol. The van der Waals surface area contributed by atoms with Crippen molar-refractivity contribution in [3.8, 4) is 11.5 Å². The van der Waals surface area contributed by atoms with Gasteiger partial charge in [0.15, 0.2) is 5.78 Å². The molecule has 2 N–H and O–H groups in total. The summed E-state index contributed by atoms with van der Waals surface area (Å²) >= 11 is 0. The number of aromatic hydroxyl groups is 1. The molecule has 0 spiro atoms. The van der Waals surface area contributed by atoms with Crippen LogP contribution >= 0.6 is 0 Å². The molecule has 2 rings (SSSR count). The smallest absolute Gasteiger partial charge is 0.332 e. The SMILES string of the molecule is CC(COc1ccc(C(=O)c2ccccc2)c(O)c1)OC(=O)CO. The van der Waals surface area contributed by atoms with Crippen LogP contribution in [0.3, 0.4) is 0 Å². The quantitative estimate of drug-likeness (QED) is 0.595. The Kier molecular flexibility index (Phi) is 5.92. The highest BCUT2D eigenvalue weighted by molar-refractivity contribution is 6.10. The number of ether oxygens (including phenoxy) is 2. The van der Waals surface area contributed by atoms with Crippen molar-refractivity contribution in [3.05, 3.63) is 59.7 Å². The Bertz CT molecular complexity index is 711. The fraction of sp³-hybridized carbons (Fsp3) is 0.222. The largest absolute Gasteiger partial charge is 0.507 e. The Morgan fingerprint density at radius 3 is 2.46 bits per heavy atom. The molecule has 0 fully saturated rings. The fourth-order valence-corrected chi connectivity index (χ4v) is 2.05. The summed E-state index contributed by atoms with van der Waals surface area (Å²) < 4.78 is 10.2. The van der Waals surface area contributed by atoms with Crippen LogP contribution in [0, 0.1) is 0 Å². The molecule has 0 aliphatic carbocycles. The van der Waals surface area contributed by atoms with Crippen LogP contribution in [0.5, 0.6) is 11.5 Å². The first-order chi connectivity index (χ1) is 11.5. The van der Waals surface area contributed by atoms with Gasteiger partial charge in [-0.15, -0.1) is 0 Å². The van der Waals surface area contributed by atoms with E-state index in [1.165, 1.54) is 12.1 Å². The van der Waals surface area contributed by atoms with Gasteiger partial charge >= 0.3 is 5.97 Å². The van der Waals surface area contributed by atoms with E-state index in [4.69, 9.17) is 14.6 Å². The van der Waals surface area contributed by atoms with Crippen molar-refractivity contribution in [2.24, 2.45) is 0 Å². The Labute approximate surface area is 139 Å². The first kappa shape index (κ1) is 17.5. The van der Waals surface area contributed by atoms with Gasteiger partial charge in [-0.2, -0.15) is 0 Å². The zero-order valence-corrected chi connectivity index (χ0v) is 13.1. The lowest BCUT2D eigenvalue weighted by atomic mass is 10.0. The molecule has 0 radical (unpaired) electrons. The van der Waals surface area contributed by atoms with E-state index in [9.17, 15) is 14.7 Å². The number of rotatable bonds is 7. The highest BCUT2D eigenvalue weighted by atomic mass is 16.6. The Balaban J connectivity index is 2.02. The van der Waals surface area contributed by atoms with Gasteiger partial charge in [-0.1, -0.05) is 30.3 Å². The molecule has 0 amide bonds. The topological polar surface area (TPSA) is 93.1 Å². The second-order valence-corrected chi connectivity index (χ2v) is 5.14. The maximum Gasteiger partial charge on any atom is 0.332 e. The van der Waals surface area contributed by atoms with E-state index in [-0.39, 0.29) is 23.7 Å². The van der Waals surface area contributed by atoms with E-state index in [1.54, 1.807) is 43.3 Å². The predicted octanol–water partition coefficient (Wildman–Crippen LogP) is 1.93. The minimum absolute atomic E-state index is 0.0527. The third-order valence-electron chi connectivity index (χ3n) is 3.20. The van der Waals surface area contributed by atoms with Gasteiger partial charge < -0.3 is 19.7 Å². The molecule has 0 saturated heterocycles. The average molecular weight is 330 g/mol. The molecule has 0 saturated carbocycles. The average Bonchev–Trinajstić information content (AvgIpc) is 2.60. The summed E-state index contributed by atoms with van der Waals surface area (Å²) in [5.74, 6) is -0.881. The van der Waals surface area contributed by atoms with Crippen LogP contribution in [0.4, 0.5) is 0 Å². The summed E-state index contributed by atoms with van der Waals surface area (Å²) in [5.41, 5.74) is 0.652. The van der Waals surface area contributed by atoms with Crippen molar-refractivity contribution >= 4 is 11.8 Å². The molecule has 0 heterocycles. The van der Waals surface area contributed by atoms with Gasteiger partial charge in [0.25, 0.3) is 0 Å². The van der Waals surface area contributed by atoms with Gasteiger partial charge in [-0.25, -0.2) is 4.79 Å². The van der Waals surface area contributed by atoms with E-state index in [2.05, 4.69) is 0 Å². The van der Waals surface area contributed by atoms with Gasteiger partial charge in [-0.3, -0.25) is 4.79 Å². The summed E-state index contributed by atoms with van der Waals surface area (Å²) in [4.78, 5) is 23.3. The number of phenolic OH excluding ortho intramolecular Hbond substituents is 1. The maximum absolute atomic E-state index is 12.3. The zero-order chi connectivity index (χ0) is 17.5. The molecule has 24 heavy (non-hydrogen) atoms. The molecule has 1 unspecified atom stereocenters. The first-order valence-electron chi connectivity index (χ1n) is 7.37. The molecule has 1 atom stereocenters. The summed E-state index contributed by atoms with van der Waals surface area (Å²) in [7, 11) is 0. The van der Waals surface area contributed by atoms with Crippen LogP contribution in [0.2, 0.25) is 0 Å². The molecule has 0 bridgehead atoms. The Morgan fingerprint density at radius 2 is 1.83 bits per heavy atom. The van der Waals surface area contributed by atoms with Crippen molar-refractivity contribution in [3.63, 3.8) is 0 Å². The zero-order valence-electron chi connectivity index (χ0n) is 13.1. The van der Waals surface area contributed by atoms with Gasteiger partial charge in [-0.05, 0) is 19.1 Å². The normalized spacial score (nSPS) is 11.6. The van der Waals surface area contributed by atoms with Crippen molar-refractivity contribution in [2.45, 2.75) is 13.0 Å². The number of phenols is 1. The molecule has 6 nitrogen and oxygen atoms in total. The number of benzene rings is 2. The number of carbonyl (C=O) groups excluding carboxylic acids is 2. The second-order valence-electron chi connectivity index (χ2n) is 5.14.